The lowest BCUT2D eigenvalue weighted by Crippen LogP contribution is -2.28. The molecule has 134 valence electrons. The Kier molecular flexibility index (Phi) is 5.38. The lowest BCUT2D eigenvalue weighted by Gasteiger charge is -2.12. The number of anilines is 1. The highest BCUT2D eigenvalue weighted by molar-refractivity contribution is 6.30. The Morgan fingerprint density at radius 2 is 1.77 bits per heavy atom. The topological polar surface area (TPSA) is 64.0 Å². The summed E-state index contributed by atoms with van der Waals surface area (Å²) in [6.45, 7) is 4.64. The number of hydrogen-bond donors (Lipinski definition) is 1. The maximum atomic E-state index is 12.8. The first kappa shape index (κ1) is 18.1. The fraction of sp³-hybridized carbons (Fsp3) is 0.250. The van der Waals surface area contributed by atoms with Crippen molar-refractivity contribution in [2.45, 2.75) is 26.8 Å². The lowest BCUT2D eigenvalue weighted by molar-refractivity contribution is 0.102. The van der Waals surface area contributed by atoms with Crippen molar-refractivity contribution in [2.75, 3.05) is 5.32 Å². The summed E-state index contributed by atoms with van der Waals surface area (Å²) in [5.74, 6) is 0.0725. The number of halogens is 1. The van der Waals surface area contributed by atoms with Crippen LogP contribution in [0, 0.1) is 5.92 Å². The number of nitrogens with one attached hydrogen (secondary N) is 1. The van der Waals surface area contributed by atoms with Gasteiger partial charge >= 0.3 is 0 Å². The number of benzene rings is 2. The van der Waals surface area contributed by atoms with Crippen LogP contribution >= 0.6 is 11.6 Å². The van der Waals surface area contributed by atoms with Gasteiger partial charge in [0.05, 0.1) is 5.39 Å². The summed E-state index contributed by atoms with van der Waals surface area (Å²) in [6, 6.07) is 13.9. The predicted molar refractivity (Wildman–Crippen MR) is 105 cm³/mol. The number of aromatic nitrogens is 2. The summed E-state index contributed by atoms with van der Waals surface area (Å²) < 4.78 is 1.39. The summed E-state index contributed by atoms with van der Waals surface area (Å²) in [5.41, 5.74) is 0.674. The molecule has 6 heteroatoms. The van der Waals surface area contributed by atoms with E-state index in [2.05, 4.69) is 24.3 Å². The van der Waals surface area contributed by atoms with E-state index in [1.54, 1.807) is 48.5 Å². The summed E-state index contributed by atoms with van der Waals surface area (Å²) in [4.78, 5) is 25.5. The van der Waals surface area contributed by atoms with Crippen LogP contribution in [0.1, 0.15) is 30.8 Å². The van der Waals surface area contributed by atoms with Gasteiger partial charge in [0.25, 0.3) is 11.5 Å². The smallest absolute Gasteiger partial charge is 0.276 e. The summed E-state index contributed by atoms with van der Waals surface area (Å²) >= 11 is 5.88. The second kappa shape index (κ2) is 7.70. The zero-order valence-electron chi connectivity index (χ0n) is 14.7. The zero-order chi connectivity index (χ0) is 18.7. The van der Waals surface area contributed by atoms with Crippen molar-refractivity contribution in [3.05, 3.63) is 69.6 Å². The fourth-order valence-corrected chi connectivity index (χ4v) is 2.78. The van der Waals surface area contributed by atoms with Gasteiger partial charge in [0.15, 0.2) is 5.69 Å². The molecule has 0 saturated carbocycles. The number of aryl methyl sites for hydroxylation is 1. The highest BCUT2D eigenvalue weighted by atomic mass is 35.5. The molecule has 0 saturated heterocycles. The molecule has 1 aromatic heterocycles. The number of hydrogen-bond acceptors (Lipinski definition) is 3. The molecule has 1 amide bonds. The number of nitrogens with zero attached hydrogens (tertiary/aromatic N) is 2. The van der Waals surface area contributed by atoms with E-state index < -0.39 is 0 Å². The number of carbonyl (C=O) groups is 1. The van der Waals surface area contributed by atoms with E-state index >= 15 is 0 Å². The van der Waals surface area contributed by atoms with E-state index in [0.717, 1.165) is 6.42 Å². The second-order valence-electron chi connectivity index (χ2n) is 6.57. The number of amides is 1. The molecule has 0 unspecified atom stereocenters. The van der Waals surface area contributed by atoms with Crippen LogP contribution in [0.4, 0.5) is 5.69 Å². The maximum Gasteiger partial charge on any atom is 0.276 e. The first-order chi connectivity index (χ1) is 12.5. The Morgan fingerprint density at radius 3 is 2.42 bits per heavy atom. The molecule has 1 heterocycles. The molecule has 0 fully saturated rings. The Morgan fingerprint density at radius 1 is 1.12 bits per heavy atom. The summed E-state index contributed by atoms with van der Waals surface area (Å²) in [5, 5.41) is 8.80. The van der Waals surface area contributed by atoms with Gasteiger partial charge in [-0.15, -0.1) is 0 Å². The van der Waals surface area contributed by atoms with Crippen molar-refractivity contribution in [3.8, 4) is 0 Å². The molecule has 3 rings (SSSR count). The Bertz CT molecular complexity index is 994. The van der Waals surface area contributed by atoms with Crippen LogP contribution in [-0.2, 0) is 6.54 Å². The van der Waals surface area contributed by atoms with Gasteiger partial charge in [0.2, 0.25) is 0 Å². The predicted octanol–water partition coefficient (Wildman–Crippen LogP) is 4.35. The minimum absolute atomic E-state index is 0.177. The van der Waals surface area contributed by atoms with Gasteiger partial charge < -0.3 is 5.32 Å². The van der Waals surface area contributed by atoms with Crippen molar-refractivity contribution in [3.63, 3.8) is 0 Å². The molecule has 0 aliphatic carbocycles. The fourth-order valence-electron chi connectivity index (χ4n) is 2.66. The van der Waals surface area contributed by atoms with Crippen LogP contribution in [0.2, 0.25) is 5.02 Å². The molecule has 0 spiro atoms. The summed E-state index contributed by atoms with van der Waals surface area (Å²) in [6.07, 6.45) is 0.809. The van der Waals surface area contributed by atoms with Crippen molar-refractivity contribution in [1.82, 2.24) is 9.78 Å². The van der Waals surface area contributed by atoms with Crippen LogP contribution in [0.5, 0.6) is 0 Å². The van der Waals surface area contributed by atoms with Crippen molar-refractivity contribution >= 4 is 34.0 Å². The number of rotatable bonds is 5. The van der Waals surface area contributed by atoms with Crippen LogP contribution in [0.25, 0.3) is 10.8 Å². The van der Waals surface area contributed by atoms with Crippen LogP contribution in [0.15, 0.2) is 53.3 Å². The third-order valence-electron chi connectivity index (χ3n) is 4.10. The molecule has 0 bridgehead atoms. The van der Waals surface area contributed by atoms with E-state index in [1.807, 2.05) is 0 Å². The molecule has 3 aromatic rings. The van der Waals surface area contributed by atoms with Crippen molar-refractivity contribution < 1.29 is 4.79 Å². The van der Waals surface area contributed by atoms with Crippen molar-refractivity contribution in [2.24, 2.45) is 5.92 Å². The Labute approximate surface area is 156 Å². The lowest BCUT2D eigenvalue weighted by atomic mass is 10.1. The monoisotopic (exact) mass is 369 g/mol. The normalized spacial score (nSPS) is 11.1. The standard InChI is InChI=1S/C20H20ClN3O2/c1-13(2)11-12-24-20(26)17-6-4-3-5-16(17)18(23-24)19(25)22-15-9-7-14(21)8-10-15/h3-10,13H,11-12H2,1-2H3,(H,22,25). The Balaban J connectivity index is 2.02. The number of fused-ring (bicyclic) bond motifs is 1. The third kappa shape index (κ3) is 3.94. The van der Waals surface area contributed by atoms with Gasteiger partial charge in [-0.1, -0.05) is 43.6 Å². The van der Waals surface area contributed by atoms with E-state index in [9.17, 15) is 9.59 Å². The van der Waals surface area contributed by atoms with Crippen molar-refractivity contribution in [1.29, 1.82) is 0 Å². The minimum Gasteiger partial charge on any atom is -0.321 e. The first-order valence-corrected chi connectivity index (χ1v) is 8.90. The summed E-state index contributed by atoms with van der Waals surface area (Å²) in [7, 11) is 0. The zero-order valence-corrected chi connectivity index (χ0v) is 15.5. The van der Waals surface area contributed by atoms with E-state index in [4.69, 9.17) is 11.6 Å². The molecule has 0 aliphatic heterocycles. The van der Waals surface area contributed by atoms with Gasteiger partial charge in [-0.25, -0.2) is 4.68 Å². The average molecular weight is 370 g/mol. The van der Waals surface area contributed by atoms with E-state index in [0.29, 0.717) is 33.9 Å². The molecule has 26 heavy (non-hydrogen) atoms. The Hall–Kier alpha value is -2.66. The quantitative estimate of drug-likeness (QED) is 0.727. The third-order valence-corrected chi connectivity index (χ3v) is 4.36. The first-order valence-electron chi connectivity index (χ1n) is 8.52. The molecule has 5 nitrogen and oxygen atoms in total. The molecular formula is C20H20ClN3O2. The number of carbonyl (C=O) groups excluding carboxylic acids is 1. The highest BCUT2D eigenvalue weighted by Crippen LogP contribution is 2.17. The van der Waals surface area contributed by atoms with Gasteiger partial charge in [0.1, 0.15) is 0 Å². The van der Waals surface area contributed by atoms with E-state index in [-0.39, 0.29) is 17.2 Å². The van der Waals surface area contributed by atoms with Gasteiger partial charge in [-0.05, 0) is 42.7 Å². The van der Waals surface area contributed by atoms with E-state index in [1.165, 1.54) is 4.68 Å². The van der Waals surface area contributed by atoms with Crippen LogP contribution in [0.3, 0.4) is 0 Å². The molecular weight excluding hydrogens is 350 g/mol. The SMILES string of the molecule is CC(C)CCn1nc(C(=O)Nc2ccc(Cl)cc2)c2ccccc2c1=O. The maximum absolute atomic E-state index is 12.8. The highest BCUT2D eigenvalue weighted by Gasteiger charge is 2.17. The van der Waals surface area contributed by atoms with Gasteiger partial charge in [0, 0.05) is 22.6 Å². The molecule has 2 aromatic carbocycles. The molecule has 0 atom stereocenters. The minimum atomic E-state index is -0.359. The largest absolute Gasteiger partial charge is 0.321 e. The molecule has 0 aliphatic rings. The van der Waals surface area contributed by atoms with Gasteiger partial charge in [-0.2, -0.15) is 5.10 Å². The molecule has 1 N–H and O–H groups in total. The average Bonchev–Trinajstić information content (AvgIpc) is 2.63. The van der Waals surface area contributed by atoms with Crippen LogP contribution in [-0.4, -0.2) is 15.7 Å². The second-order valence-corrected chi connectivity index (χ2v) is 7.00. The van der Waals surface area contributed by atoms with Crippen LogP contribution < -0.4 is 10.9 Å². The van der Waals surface area contributed by atoms with Gasteiger partial charge in [-0.3, -0.25) is 9.59 Å². The molecule has 0 radical (unpaired) electrons.